The lowest BCUT2D eigenvalue weighted by atomic mass is 9.90. The molecule has 3 rings (SSSR count). The highest BCUT2D eigenvalue weighted by Crippen LogP contribution is 2.53. The van der Waals surface area contributed by atoms with E-state index in [2.05, 4.69) is 10.2 Å². The van der Waals surface area contributed by atoms with Crippen LogP contribution in [0.5, 0.6) is 0 Å². The molecule has 0 radical (unpaired) electrons. The molecule has 2 aliphatic rings. The number of nitrogens with zero attached hydrogens (tertiary/aromatic N) is 2. The first-order valence-corrected chi connectivity index (χ1v) is 11.6. The molecule has 1 amide bonds. The van der Waals surface area contributed by atoms with Gasteiger partial charge in [-0.25, -0.2) is 4.39 Å². The summed E-state index contributed by atoms with van der Waals surface area (Å²) in [6, 6.07) is 3.74. The number of hydrogen-bond acceptors (Lipinski definition) is 6. The van der Waals surface area contributed by atoms with Crippen LogP contribution in [0.15, 0.2) is 18.2 Å². The fourth-order valence-corrected chi connectivity index (χ4v) is 4.58. The van der Waals surface area contributed by atoms with E-state index in [-0.39, 0.29) is 22.4 Å². The zero-order chi connectivity index (χ0) is 23.3. The van der Waals surface area contributed by atoms with Crippen LogP contribution in [0, 0.1) is 11.2 Å². The van der Waals surface area contributed by atoms with E-state index in [4.69, 9.17) is 21.1 Å². The molecule has 2 atom stereocenters. The first-order chi connectivity index (χ1) is 15.3. The second-order valence-corrected chi connectivity index (χ2v) is 9.37. The van der Waals surface area contributed by atoms with Gasteiger partial charge in [-0.1, -0.05) is 11.6 Å². The van der Waals surface area contributed by atoms with Gasteiger partial charge in [-0.3, -0.25) is 4.79 Å². The maximum atomic E-state index is 13.4. The maximum Gasteiger partial charge on any atom is 0.244 e. The summed E-state index contributed by atoms with van der Waals surface area (Å²) in [5.41, 5.74) is 0.760. The third-order valence-electron chi connectivity index (χ3n) is 6.74. The van der Waals surface area contributed by atoms with Gasteiger partial charge in [-0.2, -0.15) is 0 Å². The number of rotatable bonds is 11. The van der Waals surface area contributed by atoms with Crippen LogP contribution in [0.2, 0.25) is 5.02 Å². The fourth-order valence-electron chi connectivity index (χ4n) is 4.40. The van der Waals surface area contributed by atoms with Crippen LogP contribution < -0.4 is 5.32 Å². The molecular weight excluding hydrogens is 437 g/mol. The number of β-amino-alcohol motifs (C(OH)–C–C–N with tert-alkyl or cyclic N) is 1. The maximum absolute atomic E-state index is 13.4. The Morgan fingerprint density at radius 3 is 2.69 bits per heavy atom. The van der Waals surface area contributed by atoms with Crippen LogP contribution in [-0.2, 0) is 14.3 Å². The van der Waals surface area contributed by atoms with Gasteiger partial charge >= 0.3 is 0 Å². The highest BCUT2D eigenvalue weighted by Gasteiger charge is 2.51. The summed E-state index contributed by atoms with van der Waals surface area (Å²) in [6.45, 7) is 5.11. The van der Waals surface area contributed by atoms with Crippen molar-refractivity contribution in [2.24, 2.45) is 5.41 Å². The third kappa shape index (κ3) is 6.32. The molecule has 1 aromatic carbocycles. The van der Waals surface area contributed by atoms with Crippen molar-refractivity contribution in [3.63, 3.8) is 0 Å². The quantitative estimate of drug-likeness (QED) is 0.483. The van der Waals surface area contributed by atoms with E-state index in [0.29, 0.717) is 25.3 Å². The van der Waals surface area contributed by atoms with Gasteiger partial charge in [0.1, 0.15) is 11.9 Å². The van der Waals surface area contributed by atoms with Crippen molar-refractivity contribution in [1.82, 2.24) is 9.80 Å². The number of methoxy groups -OCH3 is 2. The van der Waals surface area contributed by atoms with Gasteiger partial charge in [-0.15, -0.1) is 0 Å². The van der Waals surface area contributed by atoms with Crippen LogP contribution in [0.25, 0.3) is 0 Å². The Labute approximate surface area is 194 Å². The topological polar surface area (TPSA) is 74.3 Å². The van der Waals surface area contributed by atoms with E-state index in [1.54, 1.807) is 32.1 Å². The Morgan fingerprint density at radius 1 is 1.38 bits per heavy atom. The summed E-state index contributed by atoms with van der Waals surface area (Å²) < 4.78 is 24.0. The second kappa shape index (κ2) is 11.1. The molecule has 1 saturated carbocycles. The van der Waals surface area contributed by atoms with Gasteiger partial charge in [-0.05, 0) is 69.3 Å². The molecule has 7 nitrogen and oxygen atoms in total. The lowest BCUT2D eigenvalue weighted by molar-refractivity contribution is -0.146. The molecule has 1 aliphatic heterocycles. The highest BCUT2D eigenvalue weighted by atomic mass is 35.5. The molecule has 0 bridgehead atoms. The van der Waals surface area contributed by atoms with Crippen molar-refractivity contribution in [2.75, 3.05) is 52.3 Å². The van der Waals surface area contributed by atoms with Crippen LogP contribution in [-0.4, -0.2) is 86.2 Å². The Balaban J connectivity index is 1.55. The predicted octanol–water partition coefficient (Wildman–Crippen LogP) is 2.96. The Morgan fingerprint density at radius 2 is 2.09 bits per heavy atom. The minimum Gasteiger partial charge on any atom is -0.391 e. The van der Waals surface area contributed by atoms with E-state index in [0.717, 1.165) is 38.8 Å². The fraction of sp³-hybridized carbons (Fsp3) is 0.696. The van der Waals surface area contributed by atoms with E-state index in [1.807, 2.05) is 0 Å². The van der Waals surface area contributed by atoms with Crippen LogP contribution >= 0.6 is 11.6 Å². The lowest BCUT2D eigenvalue weighted by Crippen LogP contribution is -2.48. The molecule has 2 fully saturated rings. The summed E-state index contributed by atoms with van der Waals surface area (Å²) in [5, 5.41) is 13.5. The molecule has 2 N–H and O–H groups in total. The minimum absolute atomic E-state index is 0.00188. The largest absolute Gasteiger partial charge is 0.391 e. The number of benzene rings is 1. The lowest BCUT2D eigenvalue weighted by Gasteiger charge is -2.37. The number of aliphatic hydroxyl groups excluding tert-OH is 1. The molecule has 9 heteroatoms. The van der Waals surface area contributed by atoms with Gasteiger partial charge < -0.3 is 29.7 Å². The number of anilines is 1. The number of piperidine rings is 1. The Bertz CT molecular complexity index is 776. The summed E-state index contributed by atoms with van der Waals surface area (Å²) in [5.74, 6) is -0.614. The third-order valence-corrected chi connectivity index (χ3v) is 7.03. The minimum atomic E-state index is -0.544. The van der Waals surface area contributed by atoms with E-state index in [1.165, 1.54) is 12.1 Å². The zero-order valence-electron chi connectivity index (χ0n) is 19.2. The molecule has 180 valence electrons. The number of carbonyl (C=O) groups is 1. The molecule has 1 spiro atoms. The monoisotopic (exact) mass is 471 g/mol. The van der Waals surface area contributed by atoms with Gasteiger partial charge in [0.25, 0.3) is 0 Å². The number of nitrogens with one attached hydrogen (secondary N) is 1. The SMILES string of the molecule is COC(CN(CCCN1CCC2(CC2)[C@H](O)C1)C(=O)C(C)Nc1ccc(F)c(Cl)c1)OC. The number of carbonyl (C=O) groups excluding carboxylic acids is 1. The standard InChI is InChI=1S/C23H35ClFN3O4/c1-16(26-17-5-6-19(25)18(24)13-17)22(30)28(15-21(31-2)32-3)11-4-10-27-12-9-23(7-8-23)20(29)14-27/h5-6,13,16,20-21,26,29H,4,7-12,14-15H2,1-3H3/t16?,20-/m1/s1. The molecule has 32 heavy (non-hydrogen) atoms. The first kappa shape index (κ1) is 25.2. The normalized spacial score (nSPS) is 21.0. The van der Waals surface area contributed by atoms with Crippen molar-refractivity contribution in [1.29, 1.82) is 0 Å². The molecule has 1 aromatic rings. The van der Waals surface area contributed by atoms with Crippen LogP contribution in [0.4, 0.5) is 10.1 Å². The number of likely N-dealkylation sites (tertiary alicyclic amines) is 1. The predicted molar refractivity (Wildman–Crippen MR) is 122 cm³/mol. The average Bonchev–Trinajstić information content (AvgIpc) is 3.56. The summed E-state index contributed by atoms with van der Waals surface area (Å²) >= 11 is 5.85. The van der Waals surface area contributed by atoms with Crippen LogP contribution in [0.1, 0.15) is 32.6 Å². The highest BCUT2D eigenvalue weighted by molar-refractivity contribution is 6.31. The van der Waals surface area contributed by atoms with Crippen LogP contribution in [0.3, 0.4) is 0 Å². The molecule has 1 heterocycles. The van der Waals surface area contributed by atoms with E-state index >= 15 is 0 Å². The van der Waals surface area contributed by atoms with Crippen molar-refractivity contribution in [3.8, 4) is 0 Å². The molecule has 0 aromatic heterocycles. The smallest absolute Gasteiger partial charge is 0.244 e. The Kier molecular flexibility index (Phi) is 8.75. The Hall–Kier alpha value is -1.45. The van der Waals surface area contributed by atoms with Gasteiger partial charge in [0.2, 0.25) is 5.91 Å². The second-order valence-electron chi connectivity index (χ2n) is 8.96. The molecule has 1 unspecified atom stereocenters. The summed E-state index contributed by atoms with van der Waals surface area (Å²) in [4.78, 5) is 17.2. The summed E-state index contributed by atoms with van der Waals surface area (Å²) in [6.07, 6.45) is 3.34. The molecule has 1 saturated heterocycles. The van der Waals surface area contributed by atoms with Crippen molar-refractivity contribution in [2.45, 2.75) is 51.0 Å². The van der Waals surface area contributed by atoms with Gasteiger partial charge in [0.15, 0.2) is 6.29 Å². The first-order valence-electron chi connectivity index (χ1n) is 11.2. The molecule has 1 aliphatic carbocycles. The number of aliphatic hydroxyl groups is 1. The number of amides is 1. The average molecular weight is 472 g/mol. The van der Waals surface area contributed by atoms with E-state index < -0.39 is 18.1 Å². The van der Waals surface area contributed by atoms with E-state index in [9.17, 15) is 14.3 Å². The molecular formula is C23H35ClFN3O4. The van der Waals surface area contributed by atoms with Crippen molar-refractivity contribution >= 4 is 23.2 Å². The van der Waals surface area contributed by atoms with Gasteiger partial charge in [0, 0.05) is 33.0 Å². The van der Waals surface area contributed by atoms with Gasteiger partial charge in [0.05, 0.1) is 17.7 Å². The number of ether oxygens (including phenoxy) is 2. The number of halogens is 2. The van der Waals surface area contributed by atoms with Crippen molar-refractivity contribution in [3.05, 3.63) is 29.0 Å². The number of hydrogen-bond donors (Lipinski definition) is 2. The van der Waals surface area contributed by atoms with Crippen molar-refractivity contribution < 1.29 is 23.8 Å². The zero-order valence-corrected chi connectivity index (χ0v) is 19.9. The summed E-state index contributed by atoms with van der Waals surface area (Å²) in [7, 11) is 3.09.